The maximum Gasteiger partial charge on any atom is 0.305 e. The molecule has 3 aromatic rings. The van der Waals surface area contributed by atoms with Gasteiger partial charge < -0.3 is 19.5 Å². The van der Waals surface area contributed by atoms with Gasteiger partial charge in [0.05, 0.1) is 19.3 Å². The number of fused-ring (bicyclic) bond motifs is 1. The molecule has 142 valence electrons. The molecule has 0 saturated carbocycles. The van der Waals surface area contributed by atoms with E-state index in [0.29, 0.717) is 6.61 Å². The van der Waals surface area contributed by atoms with Crippen LogP contribution >= 0.6 is 15.9 Å². The number of halogens is 1. The van der Waals surface area contributed by atoms with Gasteiger partial charge >= 0.3 is 5.79 Å². The first kappa shape index (κ1) is 17.7. The van der Waals surface area contributed by atoms with Crippen LogP contribution in [0.5, 0.6) is 11.5 Å². The zero-order valence-corrected chi connectivity index (χ0v) is 16.8. The molecule has 1 fully saturated rings. The first-order chi connectivity index (χ1) is 13.8. The van der Waals surface area contributed by atoms with Crippen LogP contribution in [0.2, 0.25) is 0 Å². The molecule has 0 amide bonds. The van der Waals surface area contributed by atoms with Gasteiger partial charge in [-0.1, -0.05) is 76.6 Å². The Bertz CT molecular complexity index is 932. The van der Waals surface area contributed by atoms with Crippen molar-refractivity contribution in [3.8, 4) is 11.5 Å². The van der Waals surface area contributed by atoms with Crippen molar-refractivity contribution in [1.29, 1.82) is 0 Å². The first-order valence-corrected chi connectivity index (χ1v) is 10.2. The zero-order valence-electron chi connectivity index (χ0n) is 15.2. The molecule has 1 atom stereocenters. The number of hydrogen-bond donors (Lipinski definition) is 1. The highest BCUT2D eigenvalue weighted by Crippen LogP contribution is 2.50. The molecular weight excluding hydrogens is 418 g/mol. The highest BCUT2D eigenvalue weighted by Gasteiger charge is 2.45. The molecule has 1 saturated heterocycles. The van der Waals surface area contributed by atoms with Crippen molar-refractivity contribution in [3.05, 3.63) is 94.0 Å². The average molecular weight is 438 g/mol. The zero-order chi connectivity index (χ0) is 19.0. The van der Waals surface area contributed by atoms with Crippen LogP contribution < -0.4 is 14.8 Å². The van der Waals surface area contributed by atoms with Crippen LogP contribution in [-0.4, -0.2) is 19.8 Å². The number of hydrogen-bond acceptors (Lipinski definition) is 4. The quantitative estimate of drug-likeness (QED) is 0.639. The summed E-state index contributed by atoms with van der Waals surface area (Å²) in [6.07, 6.45) is 0. The summed E-state index contributed by atoms with van der Waals surface area (Å²) in [5.74, 6) is 0.456. The fraction of sp³-hybridized carbons (Fsp3) is 0.217. The average Bonchev–Trinajstić information content (AvgIpc) is 3.14. The molecule has 0 aromatic heterocycles. The Labute approximate surface area is 172 Å². The normalized spacial score (nSPS) is 20.1. The van der Waals surface area contributed by atoms with Crippen molar-refractivity contribution in [2.45, 2.75) is 11.8 Å². The summed E-state index contributed by atoms with van der Waals surface area (Å²) < 4.78 is 19.6. The standard InChI is InChI=1S/C23H20BrNO3/c24-19-14-22-21(13-18(19)20-15-26-12-11-25-20)27-23(28-22,16-7-3-1-4-8-16)17-9-5-2-6-10-17/h1-10,13-14,20,25H,11-12,15H2. The van der Waals surface area contributed by atoms with Crippen LogP contribution in [0.25, 0.3) is 0 Å². The van der Waals surface area contributed by atoms with Gasteiger partial charge in [-0.2, -0.15) is 0 Å². The lowest BCUT2D eigenvalue weighted by atomic mass is 9.97. The molecule has 28 heavy (non-hydrogen) atoms. The number of morpholine rings is 1. The van der Waals surface area contributed by atoms with Crippen molar-refractivity contribution in [3.63, 3.8) is 0 Å². The third kappa shape index (κ3) is 3.00. The second kappa shape index (κ2) is 7.24. The van der Waals surface area contributed by atoms with Gasteiger partial charge in [-0.25, -0.2) is 0 Å². The van der Waals surface area contributed by atoms with Gasteiger partial charge in [0.2, 0.25) is 0 Å². The maximum atomic E-state index is 6.54. The summed E-state index contributed by atoms with van der Waals surface area (Å²) in [6, 6.07) is 24.3. The largest absolute Gasteiger partial charge is 0.440 e. The van der Waals surface area contributed by atoms with E-state index in [1.165, 1.54) is 0 Å². The number of nitrogens with one attached hydrogen (secondary N) is 1. The van der Waals surface area contributed by atoms with E-state index in [1.54, 1.807) is 0 Å². The van der Waals surface area contributed by atoms with Crippen molar-refractivity contribution in [1.82, 2.24) is 5.32 Å². The molecule has 3 aromatic carbocycles. The van der Waals surface area contributed by atoms with Gasteiger partial charge in [-0.05, 0) is 17.7 Å². The second-order valence-electron chi connectivity index (χ2n) is 6.95. The molecule has 2 heterocycles. The van der Waals surface area contributed by atoms with E-state index in [9.17, 15) is 0 Å². The van der Waals surface area contributed by atoms with Crippen LogP contribution in [0, 0.1) is 0 Å². The van der Waals surface area contributed by atoms with Crippen LogP contribution in [0.4, 0.5) is 0 Å². The summed E-state index contributed by atoms with van der Waals surface area (Å²) in [4.78, 5) is 0. The molecule has 2 aliphatic rings. The lowest BCUT2D eigenvalue weighted by Gasteiger charge is -2.28. The lowest BCUT2D eigenvalue weighted by Crippen LogP contribution is -2.36. The molecule has 0 aliphatic carbocycles. The second-order valence-corrected chi connectivity index (χ2v) is 7.81. The SMILES string of the molecule is Brc1cc2c(cc1C1COCCN1)OC(c1ccccc1)(c1ccccc1)O2. The van der Waals surface area contributed by atoms with E-state index in [-0.39, 0.29) is 6.04 Å². The number of benzene rings is 3. The van der Waals surface area contributed by atoms with E-state index in [4.69, 9.17) is 14.2 Å². The van der Waals surface area contributed by atoms with Gasteiger partial charge in [0, 0.05) is 22.1 Å². The molecule has 4 nitrogen and oxygen atoms in total. The molecule has 1 unspecified atom stereocenters. The van der Waals surface area contributed by atoms with E-state index >= 15 is 0 Å². The summed E-state index contributed by atoms with van der Waals surface area (Å²) in [6.45, 7) is 2.22. The minimum atomic E-state index is -1.00. The fourth-order valence-corrected chi connectivity index (χ4v) is 4.39. The van der Waals surface area contributed by atoms with Gasteiger partial charge in [0.1, 0.15) is 0 Å². The molecule has 5 heteroatoms. The monoisotopic (exact) mass is 437 g/mol. The summed E-state index contributed by atoms with van der Waals surface area (Å²) >= 11 is 3.70. The van der Waals surface area contributed by atoms with Gasteiger partial charge in [0.25, 0.3) is 0 Å². The Morgan fingerprint density at radius 1 is 0.857 bits per heavy atom. The Morgan fingerprint density at radius 3 is 2.04 bits per heavy atom. The fourth-order valence-electron chi connectivity index (χ4n) is 3.79. The maximum absolute atomic E-state index is 6.54. The lowest BCUT2D eigenvalue weighted by molar-refractivity contribution is -0.0459. The smallest absolute Gasteiger partial charge is 0.305 e. The van der Waals surface area contributed by atoms with Crippen LogP contribution in [0.3, 0.4) is 0 Å². The van der Waals surface area contributed by atoms with Gasteiger partial charge in [-0.15, -0.1) is 0 Å². The molecule has 0 radical (unpaired) electrons. The van der Waals surface area contributed by atoms with E-state index in [0.717, 1.165) is 45.8 Å². The predicted molar refractivity (Wildman–Crippen MR) is 111 cm³/mol. The van der Waals surface area contributed by atoms with Crippen LogP contribution in [0.1, 0.15) is 22.7 Å². The topological polar surface area (TPSA) is 39.7 Å². The van der Waals surface area contributed by atoms with Gasteiger partial charge in [-0.3, -0.25) is 0 Å². The van der Waals surface area contributed by atoms with E-state index in [1.807, 2.05) is 66.7 Å². The molecule has 2 aliphatic heterocycles. The molecule has 0 spiro atoms. The Morgan fingerprint density at radius 2 is 1.46 bits per heavy atom. The van der Waals surface area contributed by atoms with Crippen molar-refractivity contribution >= 4 is 15.9 Å². The molecule has 1 N–H and O–H groups in total. The minimum Gasteiger partial charge on any atom is -0.440 e. The predicted octanol–water partition coefficient (Wildman–Crippen LogP) is 4.78. The highest BCUT2D eigenvalue weighted by molar-refractivity contribution is 9.10. The van der Waals surface area contributed by atoms with E-state index in [2.05, 4.69) is 27.3 Å². The molecular formula is C23H20BrNO3. The first-order valence-electron chi connectivity index (χ1n) is 9.40. The summed E-state index contributed by atoms with van der Waals surface area (Å²) in [7, 11) is 0. The Hall–Kier alpha value is -2.34. The number of rotatable bonds is 3. The summed E-state index contributed by atoms with van der Waals surface area (Å²) in [5, 5.41) is 3.50. The van der Waals surface area contributed by atoms with E-state index < -0.39 is 5.79 Å². The minimum absolute atomic E-state index is 0.125. The van der Waals surface area contributed by atoms with Crippen molar-refractivity contribution in [2.75, 3.05) is 19.8 Å². The third-order valence-corrected chi connectivity index (χ3v) is 5.86. The van der Waals surface area contributed by atoms with Crippen molar-refractivity contribution < 1.29 is 14.2 Å². The van der Waals surface area contributed by atoms with Gasteiger partial charge in [0.15, 0.2) is 11.5 Å². The third-order valence-electron chi connectivity index (χ3n) is 5.18. The summed E-state index contributed by atoms with van der Waals surface area (Å²) in [5.41, 5.74) is 3.02. The Balaban J connectivity index is 1.59. The van der Waals surface area contributed by atoms with Crippen molar-refractivity contribution in [2.24, 2.45) is 0 Å². The van der Waals surface area contributed by atoms with Crippen LogP contribution in [0.15, 0.2) is 77.3 Å². The Kier molecular flexibility index (Phi) is 4.59. The number of ether oxygens (including phenoxy) is 3. The highest BCUT2D eigenvalue weighted by atomic mass is 79.9. The molecule has 5 rings (SSSR count). The molecule has 0 bridgehead atoms. The van der Waals surface area contributed by atoms with Crippen LogP contribution in [-0.2, 0) is 10.5 Å².